The van der Waals surface area contributed by atoms with Crippen LogP contribution < -0.4 is 5.32 Å². The number of aromatic nitrogens is 1. The number of nitrogens with one attached hydrogen (secondary N) is 1. The van der Waals surface area contributed by atoms with Crippen LogP contribution in [0.15, 0.2) is 18.3 Å². The van der Waals surface area contributed by atoms with Gasteiger partial charge in [-0.05, 0) is 44.7 Å². The molecule has 1 saturated carbocycles. The second-order valence-electron chi connectivity index (χ2n) is 4.95. The molecule has 0 spiro atoms. The molecule has 1 heterocycles. The third kappa shape index (κ3) is 2.81. The molecule has 1 atom stereocenters. The molecule has 4 nitrogen and oxygen atoms in total. The standard InChI is InChI=1S/C14H21N3O/c1-4-15-13-9-12(7-8-16-13)14(18)17(3)10(2)11-5-6-11/h7-11H,4-6H2,1-3H3,(H,15,16). The van der Waals surface area contributed by atoms with Crippen LogP contribution in [0.4, 0.5) is 5.82 Å². The third-order valence-electron chi connectivity index (χ3n) is 3.60. The highest BCUT2D eigenvalue weighted by Crippen LogP contribution is 2.35. The molecule has 0 bridgehead atoms. The zero-order chi connectivity index (χ0) is 13.1. The Kier molecular flexibility index (Phi) is 3.84. The molecule has 1 aliphatic carbocycles. The molecular formula is C14H21N3O. The lowest BCUT2D eigenvalue weighted by atomic mass is 10.1. The van der Waals surface area contributed by atoms with Crippen LogP contribution in [0.2, 0.25) is 0 Å². The summed E-state index contributed by atoms with van der Waals surface area (Å²) in [5, 5.41) is 3.12. The van der Waals surface area contributed by atoms with Gasteiger partial charge in [0.25, 0.3) is 5.91 Å². The molecule has 1 aromatic rings. The normalized spacial score (nSPS) is 16.2. The van der Waals surface area contributed by atoms with Gasteiger partial charge in [-0.3, -0.25) is 4.79 Å². The Hall–Kier alpha value is -1.58. The highest BCUT2D eigenvalue weighted by atomic mass is 16.2. The fourth-order valence-electron chi connectivity index (χ4n) is 2.12. The predicted molar refractivity (Wildman–Crippen MR) is 72.7 cm³/mol. The predicted octanol–water partition coefficient (Wildman–Crippen LogP) is 2.38. The van der Waals surface area contributed by atoms with Gasteiger partial charge in [0.15, 0.2) is 0 Å². The van der Waals surface area contributed by atoms with Crippen molar-refractivity contribution in [2.75, 3.05) is 18.9 Å². The van der Waals surface area contributed by atoms with E-state index < -0.39 is 0 Å². The van der Waals surface area contributed by atoms with Crippen LogP contribution in [0, 0.1) is 5.92 Å². The zero-order valence-corrected chi connectivity index (χ0v) is 11.3. The van der Waals surface area contributed by atoms with E-state index in [2.05, 4.69) is 17.2 Å². The molecule has 1 aromatic heterocycles. The maximum Gasteiger partial charge on any atom is 0.254 e. The van der Waals surface area contributed by atoms with Gasteiger partial charge in [0.2, 0.25) is 0 Å². The Morgan fingerprint density at radius 3 is 2.94 bits per heavy atom. The average Bonchev–Trinajstić information content (AvgIpc) is 3.21. The van der Waals surface area contributed by atoms with Crippen LogP contribution in [0.3, 0.4) is 0 Å². The molecule has 0 radical (unpaired) electrons. The van der Waals surface area contributed by atoms with Crippen molar-refractivity contribution in [1.82, 2.24) is 9.88 Å². The van der Waals surface area contributed by atoms with Gasteiger partial charge in [0.05, 0.1) is 0 Å². The smallest absolute Gasteiger partial charge is 0.254 e. The fourth-order valence-corrected chi connectivity index (χ4v) is 2.12. The summed E-state index contributed by atoms with van der Waals surface area (Å²) in [5.74, 6) is 1.53. The summed E-state index contributed by atoms with van der Waals surface area (Å²) in [6.45, 7) is 4.94. The average molecular weight is 247 g/mol. The van der Waals surface area contributed by atoms with Crippen molar-refractivity contribution in [3.05, 3.63) is 23.9 Å². The van der Waals surface area contributed by atoms with E-state index in [4.69, 9.17) is 0 Å². The first-order valence-corrected chi connectivity index (χ1v) is 6.60. The molecule has 0 saturated heterocycles. The maximum atomic E-state index is 12.3. The lowest BCUT2D eigenvalue weighted by Gasteiger charge is -2.25. The van der Waals surface area contributed by atoms with Gasteiger partial charge in [0, 0.05) is 31.4 Å². The van der Waals surface area contributed by atoms with Gasteiger partial charge in [-0.25, -0.2) is 4.98 Å². The van der Waals surface area contributed by atoms with Gasteiger partial charge < -0.3 is 10.2 Å². The molecule has 18 heavy (non-hydrogen) atoms. The summed E-state index contributed by atoms with van der Waals surface area (Å²) >= 11 is 0. The van der Waals surface area contributed by atoms with Crippen LogP contribution >= 0.6 is 0 Å². The molecule has 1 unspecified atom stereocenters. The second kappa shape index (κ2) is 5.38. The number of pyridine rings is 1. The van der Waals surface area contributed by atoms with Crippen molar-refractivity contribution in [1.29, 1.82) is 0 Å². The van der Waals surface area contributed by atoms with Crippen molar-refractivity contribution in [3.63, 3.8) is 0 Å². The minimum absolute atomic E-state index is 0.0796. The van der Waals surface area contributed by atoms with Gasteiger partial charge in [0.1, 0.15) is 5.82 Å². The van der Waals surface area contributed by atoms with Crippen LogP contribution in [0.25, 0.3) is 0 Å². The number of carbonyl (C=O) groups is 1. The molecule has 1 fully saturated rings. The van der Waals surface area contributed by atoms with Crippen LogP contribution in [-0.2, 0) is 0 Å². The molecule has 1 N–H and O–H groups in total. The lowest BCUT2D eigenvalue weighted by molar-refractivity contribution is 0.0727. The zero-order valence-electron chi connectivity index (χ0n) is 11.3. The van der Waals surface area contributed by atoms with Gasteiger partial charge in [-0.15, -0.1) is 0 Å². The van der Waals surface area contributed by atoms with Gasteiger partial charge in [-0.1, -0.05) is 0 Å². The minimum Gasteiger partial charge on any atom is -0.370 e. The summed E-state index contributed by atoms with van der Waals surface area (Å²) in [6, 6.07) is 3.93. The van der Waals surface area contributed by atoms with Crippen molar-refractivity contribution in [2.45, 2.75) is 32.7 Å². The number of nitrogens with zero attached hydrogens (tertiary/aromatic N) is 2. The second-order valence-corrected chi connectivity index (χ2v) is 4.95. The number of carbonyl (C=O) groups excluding carboxylic acids is 1. The summed E-state index contributed by atoms with van der Waals surface area (Å²) in [5.41, 5.74) is 0.705. The first kappa shape index (κ1) is 12.9. The molecular weight excluding hydrogens is 226 g/mol. The number of hydrogen-bond donors (Lipinski definition) is 1. The first-order valence-electron chi connectivity index (χ1n) is 6.60. The van der Waals surface area contributed by atoms with E-state index in [0.29, 0.717) is 17.5 Å². The molecule has 1 amide bonds. The Labute approximate surface area is 108 Å². The first-order chi connectivity index (χ1) is 8.63. The Morgan fingerprint density at radius 1 is 1.61 bits per heavy atom. The molecule has 2 rings (SSSR count). The lowest BCUT2D eigenvalue weighted by Crippen LogP contribution is -2.36. The SMILES string of the molecule is CCNc1cc(C(=O)N(C)C(C)C2CC2)ccn1. The topological polar surface area (TPSA) is 45.2 Å². The summed E-state index contributed by atoms with van der Waals surface area (Å²) < 4.78 is 0. The molecule has 0 aromatic carbocycles. The van der Waals surface area contributed by atoms with E-state index in [0.717, 1.165) is 12.4 Å². The van der Waals surface area contributed by atoms with Crippen molar-refractivity contribution in [2.24, 2.45) is 5.92 Å². The number of amides is 1. The minimum atomic E-state index is 0.0796. The van der Waals surface area contributed by atoms with Crippen molar-refractivity contribution < 1.29 is 4.79 Å². The maximum absolute atomic E-state index is 12.3. The molecule has 0 aliphatic heterocycles. The summed E-state index contributed by atoms with van der Waals surface area (Å²) in [4.78, 5) is 18.4. The number of anilines is 1. The molecule has 98 valence electrons. The quantitative estimate of drug-likeness (QED) is 0.869. The van der Waals surface area contributed by atoms with Crippen molar-refractivity contribution in [3.8, 4) is 0 Å². The van der Waals surface area contributed by atoms with E-state index in [1.54, 1.807) is 12.3 Å². The van der Waals surface area contributed by atoms with Gasteiger partial charge >= 0.3 is 0 Å². The number of rotatable bonds is 5. The number of hydrogen-bond acceptors (Lipinski definition) is 3. The molecule has 1 aliphatic rings. The third-order valence-corrected chi connectivity index (χ3v) is 3.60. The van der Waals surface area contributed by atoms with Crippen LogP contribution in [0.1, 0.15) is 37.0 Å². The highest BCUT2D eigenvalue weighted by Gasteiger charge is 2.32. The summed E-state index contributed by atoms with van der Waals surface area (Å²) in [6.07, 6.45) is 4.18. The van der Waals surface area contributed by atoms with E-state index in [-0.39, 0.29) is 5.91 Å². The Bertz CT molecular complexity index is 429. The largest absolute Gasteiger partial charge is 0.370 e. The monoisotopic (exact) mass is 247 g/mol. The molecule has 4 heteroatoms. The fraction of sp³-hybridized carbons (Fsp3) is 0.571. The van der Waals surface area contributed by atoms with Crippen LogP contribution in [0.5, 0.6) is 0 Å². The highest BCUT2D eigenvalue weighted by molar-refractivity contribution is 5.94. The van der Waals surface area contributed by atoms with Gasteiger partial charge in [-0.2, -0.15) is 0 Å². The Morgan fingerprint density at radius 2 is 2.33 bits per heavy atom. The van der Waals surface area contributed by atoms with Crippen molar-refractivity contribution >= 4 is 11.7 Å². The van der Waals surface area contributed by atoms with E-state index in [9.17, 15) is 4.79 Å². The van der Waals surface area contributed by atoms with E-state index in [1.165, 1.54) is 12.8 Å². The Balaban J connectivity index is 2.09. The van der Waals surface area contributed by atoms with Crippen LogP contribution in [-0.4, -0.2) is 35.4 Å². The van der Waals surface area contributed by atoms with E-state index >= 15 is 0 Å². The van der Waals surface area contributed by atoms with E-state index in [1.807, 2.05) is 24.9 Å². The summed E-state index contributed by atoms with van der Waals surface area (Å²) in [7, 11) is 1.89.